The molecule has 1 aromatic rings. The number of hydrogen-bond donors (Lipinski definition) is 3. The number of terminal acetylenes is 1. The van der Waals surface area contributed by atoms with Crippen LogP contribution in [-0.4, -0.2) is 29.2 Å². The van der Waals surface area contributed by atoms with Gasteiger partial charge >= 0.3 is 0 Å². The minimum absolute atomic E-state index is 0.0162. The quantitative estimate of drug-likeness (QED) is 0.535. The van der Waals surface area contributed by atoms with E-state index in [-0.39, 0.29) is 17.9 Å². The van der Waals surface area contributed by atoms with E-state index in [0.29, 0.717) is 12.4 Å². The molecule has 0 atom stereocenters. The Morgan fingerprint density at radius 1 is 1.59 bits per heavy atom. The molecule has 0 unspecified atom stereocenters. The van der Waals surface area contributed by atoms with E-state index < -0.39 is 0 Å². The number of carbonyl (C=O) groups excluding carboxylic acids is 1. The number of amides is 1. The number of H-pyrrole nitrogens is 1. The third kappa shape index (κ3) is 4.29. The normalized spacial score (nSPS) is 10.9. The summed E-state index contributed by atoms with van der Waals surface area (Å²) >= 11 is 0. The highest BCUT2D eigenvalue weighted by molar-refractivity contribution is 5.91. The molecule has 0 aliphatic heterocycles. The summed E-state index contributed by atoms with van der Waals surface area (Å²) in [6, 6.07) is 1.83. The van der Waals surface area contributed by atoms with Crippen molar-refractivity contribution in [1.82, 2.24) is 15.5 Å². The van der Waals surface area contributed by atoms with E-state index in [1.807, 2.05) is 6.07 Å². The first-order chi connectivity index (χ1) is 7.93. The lowest BCUT2D eigenvalue weighted by Gasteiger charge is -2.14. The van der Waals surface area contributed by atoms with Crippen LogP contribution in [0.5, 0.6) is 0 Å². The molecule has 1 rings (SSSR count). The number of nitrogens with zero attached hydrogens (tertiary/aromatic N) is 1. The van der Waals surface area contributed by atoms with E-state index in [2.05, 4.69) is 47.5 Å². The Kier molecular flexibility index (Phi) is 4.30. The van der Waals surface area contributed by atoms with Crippen LogP contribution in [0.3, 0.4) is 0 Å². The lowest BCUT2D eigenvalue weighted by molar-refractivity contribution is -0.115. The van der Waals surface area contributed by atoms with Gasteiger partial charge in [0.15, 0.2) is 5.82 Å². The maximum atomic E-state index is 11.5. The molecule has 1 amide bonds. The Hall–Kier alpha value is -1.80. The molecule has 17 heavy (non-hydrogen) atoms. The van der Waals surface area contributed by atoms with Crippen LogP contribution in [0.25, 0.3) is 0 Å². The van der Waals surface area contributed by atoms with Crippen molar-refractivity contribution in [2.75, 3.05) is 18.4 Å². The molecular formula is C12H18N4O. The molecule has 92 valence electrons. The SMILES string of the molecule is C#CCNCC(=O)Nc1cc(C(C)(C)C)[nH]n1. The molecule has 0 saturated carbocycles. The number of nitrogens with one attached hydrogen (secondary N) is 3. The Morgan fingerprint density at radius 3 is 2.82 bits per heavy atom. The van der Waals surface area contributed by atoms with Gasteiger partial charge in [0, 0.05) is 17.2 Å². The van der Waals surface area contributed by atoms with Gasteiger partial charge in [-0.05, 0) is 0 Å². The van der Waals surface area contributed by atoms with Crippen molar-refractivity contribution < 1.29 is 4.79 Å². The summed E-state index contributed by atoms with van der Waals surface area (Å²) in [5.74, 6) is 2.77. The fourth-order valence-corrected chi connectivity index (χ4v) is 1.21. The van der Waals surface area contributed by atoms with Gasteiger partial charge in [-0.15, -0.1) is 6.42 Å². The lowest BCUT2D eigenvalue weighted by Crippen LogP contribution is -2.28. The van der Waals surface area contributed by atoms with Crippen molar-refractivity contribution in [3.8, 4) is 12.3 Å². The number of carbonyl (C=O) groups is 1. The van der Waals surface area contributed by atoms with E-state index in [1.165, 1.54) is 0 Å². The number of aromatic amines is 1. The molecule has 0 spiro atoms. The van der Waals surface area contributed by atoms with E-state index in [9.17, 15) is 4.79 Å². The second-order valence-electron chi connectivity index (χ2n) is 4.77. The fourth-order valence-electron chi connectivity index (χ4n) is 1.21. The van der Waals surface area contributed by atoms with Gasteiger partial charge in [-0.25, -0.2) is 0 Å². The Morgan fingerprint density at radius 2 is 2.29 bits per heavy atom. The number of rotatable bonds is 4. The van der Waals surface area contributed by atoms with Crippen LogP contribution in [0.2, 0.25) is 0 Å². The summed E-state index contributed by atoms with van der Waals surface area (Å²) in [6.07, 6.45) is 5.06. The van der Waals surface area contributed by atoms with Crippen molar-refractivity contribution in [2.45, 2.75) is 26.2 Å². The zero-order valence-corrected chi connectivity index (χ0v) is 10.4. The molecule has 1 heterocycles. The van der Waals surface area contributed by atoms with Gasteiger partial charge in [-0.3, -0.25) is 15.2 Å². The average Bonchev–Trinajstić information content (AvgIpc) is 2.66. The first kappa shape index (κ1) is 13.3. The van der Waals surface area contributed by atoms with Gasteiger partial charge < -0.3 is 5.32 Å². The van der Waals surface area contributed by atoms with E-state index in [0.717, 1.165) is 5.69 Å². The van der Waals surface area contributed by atoms with E-state index in [1.54, 1.807) is 0 Å². The van der Waals surface area contributed by atoms with Crippen molar-refractivity contribution in [2.24, 2.45) is 0 Å². The van der Waals surface area contributed by atoms with Crippen molar-refractivity contribution in [1.29, 1.82) is 0 Å². The number of anilines is 1. The molecule has 0 aliphatic carbocycles. The molecule has 3 N–H and O–H groups in total. The fraction of sp³-hybridized carbons (Fsp3) is 0.500. The largest absolute Gasteiger partial charge is 0.308 e. The standard InChI is InChI=1S/C12H18N4O/c1-5-6-13-8-11(17)14-10-7-9(15-16-10)12(2,3)4/h1,7,13H,6,8H2,2-4H3,(H2,14,15,16,17). The highest BCUT2D eigenvalue weighted by atomic mass is 16.2. The summed E-state index contributed by atoms with van der Waals surface area (Å²) in [7, 11) is 0. The maximum Gasteiger partial charge on any atom is 0.239 e. The van der Waals surface area contributed by atoms with Crippen LogP contribution in [-0.2, 0) is 10.2 Å². The third-order valence-electron chi connectivity index (χ3n) is 2.17. The average molecular weight is 234 g/mol. The first-order valence-corrected chi connectivity index (χ1v) is 5.43. The van der Waals surface area contributed by atoms with Crippen LogP contribution in [0.1, 0.15) is 26.5 Å². The molecule has 0 fully saturated rings. The summed E-state index contributed by atoms with van der Waals surface area (Å²) < 4.78 is 0. The molecule has 0 radical (unpaired) electrons. The van der Waals surface area contributed by atoms with Crippen LogP contribution in [0, 0.1) is 12.3 Å². The highest BCUT2D eigenvalue weighted by Crippen LogP contribution is 2.21. The van der Waals surface area contributed by atoms with Gasteiger partial charge in [0.05, 0.1) is 13.1 Å². The van der Waals surface area contributed by atoms with Gasteiger partial charge in [-0.1, -0.05) is 26.7 Å². The predicted molar refractivity (Wildman–Crippen MR) is 67.6 cm³/mol. The minimum atomic E-state index is -0.160. The molecule has 5 heteroatoms. The van der Waals surface area contributed by atoms with Gasteiger partial charge in [0.2, 0.25) is 5.91 Å². The Bertz CT molecular complexity index is 422. The van der Waals surface area contributed by atoms with Crippen molar-refractivity contribution >= 4 is 11.7 Å². The molecule has 0 aromatic carbocycles. The summed E-state index contributed by atoms with van der Waals surface area (Å²) in [5, 5.41) is 12.4. The Labute approximate surface area is 101 Å². The molecule has 0 bridgehead atoms. The summed E-state index contributed by atoms with van der Waals surface area (Å²) in [4.78, 5) is 11.5. The van der Waals surface area contributed by atoms with Crippen molar-refractivity contribution in [3.63, 3.8) is 0 Å². The molecule has 5 nitrogen and oxygen atoms in total. The number of aromatic nitrogens is 2. The van der Waals surface area contributed by atoms with Gasteiger partial charge in [-0.2, -0.15) is 5.10 Å². The zero-order valence-electron chi connectivity index (χ0n) is 10.4. The van der Waals surface area contributed by atoms with Gasteiger partial charge in [0.25, 0.3) is 0 Å². The smallest absolute Gasteiger partial charge is 0.239 e. The van der Waals surface area contributed by atoms with Crippen LogP contribution in [0.4, 0.5) is 5.82 Å². The summed E-state index contributed by atoms with van der Waals surface area (Å²) in [6.45, 7) is 6.77. The Balaban J connectivity index is 2.50. The maximum absolute atomic E-state index is 11.5. The monoisotopic (exact) mass is 234 g/mol. The lowest BCUT2D eigenvalue weighted by atomic mass is 9.92. The number of hydrogen-bond acceptors (Lipinski definition) is 3. The van der Waals surface area contributed by atoms with Gasteiger partial charge in [0.1, 0.15) is 0 Å². The van der Waals surface area contributed by atoms with Crippen LogP contribution in [0.15, 0.2) is 6.07 Å². The second-order valence-corrected chi connectivity index (χ2v) is 4.77. The molecule has 1 aromatic heterocycles. The predicted octanol–water partition coefficient (Wildman–Crippen LogP) is 0.868. The van der Waals surface area contributed by atoms with Crippen molar-refractivity contribution in [3.05, 3.63) is 11.8 Å². The first-order valence-electron chi connectivity index (χ1n) is 5.43. The summed E-state index contributed by atoms with van der Waals surface area (Å²) in [5.41, 5.74) is 0.960. The second kappa shape index (κ2) is 5.51. The highest BCUT2D eigenvalue weighted by Gasteiger charge is 2.17. The van der Waals surface area contributed by atoms with E-state index >= 15 is 0 Å². The van der Waals surface area contributed by atoms with Crippen LogP contribution < -0.4 is 10.6 Å². The molecular weight excluding hydrogens is 216 g/mol. The van der Waals surface area contributed by atoms with E-state index in [4.69, 9.17) is 6.42 Å². The topological polar surface area (TPSA) is 69.8 Å². The zero-order chi connectivity index (χ0) is 12.9. The van der Waals surface area contributed by atoms with Crippen LogP contribution >= 0.6 is 0 Å². The molecule has 0 aliphatic rings. The molecule has 0 saturated heterocycles. The third-order valence-corrected chi connectivity index (χ3v) is 2.17. The minimum Gasteiger partial charge on any atom is -0.308 e.